The lowest BCUT2D eigenvalue weighted by Gasteiger charge is -2.25. The Morgan fingerprint density at radius 2 is 1.07 bits per heavy atom. The lowest BCUT2D eigenvalue weighted by atomic mass is 9.81. The highest BCUT2D eigenvalue weighted by Crippen LogP contribution is 2.46. The minimum absolute atomic E-state index is 0.132. The molecular weight excluding hydrogens is 853 g/mol. The molecule has 1 aliphatic rings. The molecule has 318 valence electrons. The summed E-state index contributed by atoms with van der Waals surface area (Å²) in [5.74, 6) is 0.132. The first-order valence-corrected chi connectivity index (χ1v) is 24.9. The van der Waals surface area contributed by atoms with Crippen LogP contribution < -0.4 is 0 Å². The second-order valence-corrected chi connectivity index (χ2v) is 20.3. The third-order valence-electron chi connectivity index (χ3n) is 14.3. The standard InChI is InChI=1S/C62H42N2OS2/c1-37-43(18-11-20-52(40-27-31-59-49(35-40)45-16-6-9-23-57(45)66-59)63-62(37)41-28-32-60-50(36-41)46-17-7-10-24-58(46)67-60)47-19-12-22-56-61(47)51-34-39(26-30-55(51)65-56)38-25-29-54-48(33-38)44-15-5-8-21-53(44)64(54)42-13-3-2-4-14-42/h2-10,12-17,19,21-36,43H,11,18,20H2,1H3. The first-order chi connectivity index (χ1) is 33.1. The zero-order valence-electron chi connectivity index (χ0n) is 36.8. The number of hydrogen-bond donors (Lipinski definition) is 0. The molecule has 0 radical (unpaired) electrons. The SMILES string of the molecule is CC1=C(c2ccc3sc4ccccc4c3c2)N=C(c2ccc3sc4ccccc4c3c2)CCCC1c1cccc2oc3ccc(-c4ccc5c(c4)c4ccccc4n5-c4ccccc4)cc3c12. The van der Waals surface area contributed by atoms with E-state index in [4.69, 9.17) is 9.41 Å². The average molecular weight is 895 g/mol. The molecule has 14 rings (SSSR count). The van der Waals surface area contributed by atoms with E-state index in [1.165, 1.54) is 95.4 Å². The van der Waals surface area contributed by atoms with E-state index in [0.717, 1.165) is 58.5 Å². The number of aromatic nitrogens is 1. The Hall–Kier alpha value is -7.57. The quantitative estimate of drug-likeness (QED) is 0.169. The molecule has 67 heavy (non-hydrogen) atoms. The van der Waals surface area contributed by atoms with Crippen LogP contribution in [0.15, 0.2) is 209 Å². The molecule has 3 nitrogen and oxygen atoms in total. The van der Waals surface area contributed by atoms with E-state index in [2.05, 4.69) is 206 Å². The third-order valence-corrected chi connectivity index (χ3v) is 16.6. The van der Waals surface area contributed by atoms with Gasteiger partial charge in [-0.15, -0.1) is 22.7 Å². The molecule has 4 aromatic heterocycles. The number of rotatable bonds is 5. The second kappa shape index (κ2) is 15.2. The summed E-state index contributed by atoms with van der Waals surface area (Å²) in [4.78, 5) is 5.80. The van der Waals surface area contributed by atoms with Crippen molar-refractivity contribution in [2.24, 2.45) is 4.99 Å². The number of hydrogen-bond acceptors (Lipinski definition) is 4. The summed E-state index contributed by atoms with van der Waals surface area (Å²) >= 11 is 3.73. The molecular formula is C62H42N2OS2. The van der Waals surface area contributed by atoms with Crippen molar-refractivity contribution in [1.82, 2.24) is 4.57 Å². The topological polar surface area (TPSA) is 30.4 Å². The van der Waals surface area contributed by atoms with E-state index in [1.54, 1.807) is 0 Å². The number of fused-ring (bicyclic) bond motifs is 12. The van der Waals surface area contributed by atoms with Crippen LogP contribution in [0, 0.1) is 0 Å². The molecule has 0 bridgehead atoms. The number of benzene rings is 9. The molecule has 1 unspecified atom stereocenters. The van der Waals surface area contributed by atoms with Gasteiger partial charge in [0, 0.05) is 84.8 Å². The Bertz CT molecular complexity index is 4210. The van der Waals surface area contributed by atoms with Crippen LogP contribution in [-0.2, 0) is 0 Å². The summed E-state index contributed by atoms with van der Waals surface area (Å²) in [6.45, 7) is 2.34. The van der Waals surface area contributed by atoms with Gasteiger partial charge in [0.2, 0.25) is 0 Å². The maximum Gasteiger partial charge on any atom is 0.135 e. The highest BCUT2D eigenvalue weighted by Gasteiger charge is 2.26. The van der Waals surface area contributed by atoms with Crippen molar-refractivity contribution in [3.63, 3.8) is 0 Å². The van der Waals surface area contributed by atoms with E-state index in [1.807, 2.05) is 22.7 Å². The minimum Gasteiger partial charge on any atom is -0.456 e. The van der Waals surface area contributed by atoms with Crippen LogP contribution in [0.25, 0.3) is 107 Å². The highest BCUT2D eigenvalue weighted by atomic mass is 32.1. The Morgan fingerprint density at radius 1 is 0.478 bits per heavy atom. The number of allylic oxidation sites excluding steroid dienone is 1. The fourth-order valence-electron chi connectivity index (χ4n) is 11.1. The Morgan fingerprint density at radius 3 is 1.85 bits per heavy atom. The van der Waals surface area contributed by atoms with Crippen molar-refractivity contribution in [3.05, 3.63) is 216 Å². The van der Waals surface area contributed by atoms with Gasteiger partial charge in [0.1, 0.15) is 11.2 Å². The van der Waals surface area contributed by atoms with Crippen LogP contribution in [0.5, 0.6) is 0 Å². The highest BCUT2D eigenvalue weighted by molar-refractivity contribution is 7.26. The number of furan rings is 1. The summed E-state index contributed by atoms with van der Waals surface area (Å²) in [6, 6.07) is 71.4. The molecule has 1 atom stereocenters. The van der Waals surface area contributed by atoms with Gasteiger partial charge in [-0.1, -0.05) is 109 Å². The maximum absolute atomic E-state index is 6.73. The van der Waals surface area contributed by atoms with E-state index in [-0.39, 0.29) is 5.92 Å². The molecule has 0 N–H and O–H groups in total. The van der Waals surface area contributed by atoms with Gasteiger partial charge >= 0.3 is 0 Å². The zero-order chi connectivity index (χ0) is 44.2. The van der Waals surface area contributed by atoms with Crippen LogP contribution >= 0.6 is 22.7 Å². The molecule has 0 amide bonds. The van der Waals surface area contributed by atoms with Crippen LogP contribution in [-0.4, -0.2) is 10.3 Å². The van der Waals surface area contributed by atoms with Gasteiger partial charge in [0.05, 0.1) is 16.7 Å². The number of thiophene rings is 2. The minimum atomic E-state index is 0.132. The van der Waals surface area contributed by atoms with Crippen LogP contribution in [0.3, 0.4) is 0 Å². The van der Waals surface area contributed by atoms with Gasteiger partial charge < -0.3 is 8.98 Å². The monoisotopic (exact) mass is 894 g/mol. The summed E-state index contributed by atoms with van der Waals surface area (Å²) in [6.07, 6.45) is 2.90. The average Bonchev–Trinajstić information content (AvgIpc) is 4.14. The van der Waals surface area contributed by atoms with E-state index in [9.17, 15) is 0 Å². The van der Waals surface area contributed by atoms with Gasteiger partial charge in [-0.3, -0.25) is 4.99 Å². The van der Waals surface area contributed by atoms with Gasteiger partial charge in [0.15, 0.2) is 0 Å². The van der Waals surface area contributed by atoms with Crippen LogP contribution in [0.2, 0.25) is 0 Å². The fourth-order valence-corrected chi connectivity index (χ4v) is 13.3. The summed E-state index contributed by atoms with van der Waals surface area (Å²) in [5.41, 5.74) is 15.0. The van der Waals surface area contributed by atoms with Crippen molar-refractivity contribution >= 4 is 118 Å². The van der Waals surface area contributed by atoms with Crippen molar-refractivity contribution < 1.29 is 4.42 Å². The van der Waals surface area contributed by atoms with Gasteiger partial charge in [0.25, 0.3) is 0 Å². The summed E-state index contributed by atoms with van der Waals surface area (Å²) in [7, 11) is 0. The molecule has 0 fully saturated rings. The van der Waals surface area contributed by atoms with E-state index in [0.29, 0.717) is 0 Å². The predicted octanol–water partition coefficient (Wildman–Crippen LogP) is 18.3. The number of para-hydroxylation sites is 2. The van der Waals surface area contributed by atoms with Gasteiger partial charge in [-0.05, 0) is 139 Å². The third kappa shape index (κ3) is 6.19. The lowest BCUT2D eigenvalue weighted by molar-refractivity contribution is 0.659. The first kappa shape index (κ1) is 38.7. The Kier molecular flexibility index (Phi) is 8.80. The summed E-state index contributed by atoms with van der Waals surface area (Å²) in [5, 5.41) is 10.1. The van der Waals surface area contributed by atoms with Crippen LogP contribution in [0.1, 0.15) is 48.8 Å². The van der Waals surface area contributed by atoms with Crippen molar-refractivity contribution in [1.29, 1.82) is 0 Å². The molecule has 0 aliphatic carbocycles. The smallest absolute Gasteiger partial charge is 0.135 e. The fraction of sp³-hybridized carbons (Fsp3) is 0.0806. The van der Waals surface area contributed by atoms with Gasteiger partial charge in [-0.2, -0.15) is 0 Å². The van der Waals surface area contributed by atoms with Crippen molar-refractivity contribution in [2.45, 2.75) is 32.1 Å². The Balaban J connectivity index is 0.939. The van der Waals surface area contributed by atoms with Crippen molar-refractivity contribution in [3.8, 4) is 16.8 Å². The molecule has 9 aromatic carbocycles. The molecule has 5 heteroatoms. The molecule has 0 saturated carbocycles. The number of nitrogens with zero attached hydrogens (tertiary/aromatic N) is 2. The first-order valence-electron chi connectivity index (χ1n) is 23.3. The largest absolute Gasteiger partial charge is 0.456 e. The maximum atomic E-state index is 6.73. The van der Waals surface area contributed by atoms with Crippen molar-refractivity contribution in [2.75, 3.05) is 0 Å². The molecule has 0 spiro atoms. The van der Waals surface area contributed by atoms with E-state index >= 15 is 0 Å². The number of aliphatic imine (C=N–C) groups is 1. The molecule has 13 aromatic rings. The van der Waals surface area contributed by atoms with E-state index < -0.39 is 0 Å². The zero-order valence-corrected chi connectivity index (χ0v) is 38.4. The molecule has 1 aliphatic heterocycles. The molecule has 5 heterocycles. The molecule has 0 saturated heterocycles. The lowest BCUT2D eigenvalue weighted by Crippen LogP contribution is -2.11. The van der Waals surface area contributed by atoms with Crippen LogP contribution in [0.4, 0.5) is 0 Å². The predicted molar refractivity (Wildman–Crippen MR) is 288 cm³/mol. The Labute approximate surface area is 395 Å². The summed E-state index contributed by atoms with van der Waals surface area (Å²) < 4.78 is 14.4. The normalized spacial score (nSPS) is 14.9. The van der Waals surface area contributed by atoms with Gasteiger partial charge in [-0.25, -0.2) is 0 Å². The second-order valence-electron chi connectivity index (χ2n) is 18.1.